The normalized spacial score (nSPS) is 11.8. The molecule has 0 saturated heterocycles. The molecule has 0 spiro atoms. The molecule has 0 aromatic rings. The van der Waals surface area contributed by atoms with Crippen LogP contribution in [0.3, 0.4) is 0 Å². The summed E-state index contributed by atoms with van der Waals surface area (Å²) in [5.41, 5.74) is 0. The smallest absolute Gasteiger partial charge is 0.317 e. The highest BCUT2D eigenvalue weighted by atomic mass is 32.2. The van der Waals surface area contributed by atoms with Crippen LogP contribution in [0.2, 0.25) is 0 Å². The molecule has 0 radical (unpaired) electrons. The van der Waals surface area contributed by atoms with Crippen molar-refractivity contribution in [3.05, 3.63) is 0 Å². The molecule has 0 rings (SSSR count). The first-order chi connectivity index (χ1) is 7.80. The first-order valence-electron chi connectivity index (χ1n) is 5.53. The van der Waals surface area contributed by atoms with E-state index in [2.05, 4.69) is 20.8 Å². The molecular formula is C11H20O4S2. The van der Waals surface area contributed by atoms with Gasteiger partial charge in [-0.15, -0.1) is 23.5 Å². The zero-order valence-corrected chi connectivity index (χ0v) is 12.1. The Hall–Kier alpha value is -0.360. The van der Waals surface area contributed by atoms with Gasteiger partial charge in [-0.2, -0.15) is 0 Å². The SMILES string of the molecule is CCCSC(C)(C)SCCC(C(=O)O)C(=O)O. The lowest BCUT2D eigenvalue weighted by Crippen LogP contribution is -2.24. The van der Waals surface area contributed by atoms with Crippen molar-refractivity contribution in [2.24, 2.45) is 5.92 Å². The Morgan fingerprint density at radius 1 is 1.12 bits per heavy atom. The molecule has 2 N–H and O–H groups in total. The maximum absolute atomic E-state index is 10.7. The van der Waals surface area contributed by atoms with Crippen LogP contribution < -0.4 is 0 Å². The van der Waals surface area contributed by atoms with Gasteiger partial charge in [-0.25, -0.2) is 0 Å². The monoisotopic (exact) mass is 280 g/mol. The molecule has 0 atom stereocenters. The number of carbonyl (C=O) groups is 2. The Morgan fingerprint density at radius 2 is 1.59 bits per heavy atom. The highest BCUT2D eigenvalue weighted by molar-refractivity contribution is 8.18. The molecule has 0 saturated carbocycles. The van der Waals surface area contributed by atoms with Gasteiger partial charge in [0.25, 0.3) is 0 Å². The topological polar surface area (TPSA) is 74.6 Å². The summed E-state index contributed by atoms with van der Waals surface area (Å²) < 4.78 is 0.0115. The van der Waals surface area contributed by atoms with Crippen molar-refractivity contribution >= 4 is 35.5 Å². The number of carboxylic acid groups (broad SMARTS) is 2. The lowest BCUT2D eigenvalue weighted by atomic mass is 10.1. The maximum atomic E-state index is 10.7. The number of carboxylic acids is 2. The predicted molar refractivity (Wildman–Crippen MR) is 72.7 cm³/mol. The van der Waals surface area contributed by atoms with Crippen molar-refractivity contribution < 1.29 is 19.8 Å². The summed E-state index contributed by atoms with van der Waals surface area (Å²) in [5.74, 6) is -2.18. The molecule has 0 aliphatic heterocycles. The fourth-order valence-corrected chi connectivity index (χ4v) is 3.54. The van der Waals surface area contributed by atoms with Crippen molar-refractivity contribution in [3.8, 4) is 0 Å². The lowest BCUT2D eigenvalue weighted by molar-refractivity contribution is -0.154. The number of hydrogen-bond acceptors (Lipinski definition) is 4. The van der Waals surface area contributed by atoms with Crippen LogP contribution in [0.1, 0.15) is 33.6 Å². The number of rotatable bonds is 9. The van der Waals surface area contributed by atoms with Gasteiger partial charge in [0, 0.05) is 0 Å². The summed E-state index contributed by atoms with van der Waals surface area (Å²) in [5, 5.41) is 17.4. The van der Waals surface area contributed by atoms with Crippen LogP contribution in [0, 0.1) is 5.92 Å². The molecule has 0 aromatic heterocycles. The van der Waals surface area contributed by atoms with Crippen LogP contribution in [0.5, 0.6) is 0 Å². The van der Waals surface area contributed by atoms with E-state index >= 15 is 0 Å². The third-order valence-corrected chi connectivity index (χ3v) is 5.26. The minimum Gasteiger partial charge on any atom is -0.481 e. The van der Waals surface area contributed by atoms with Gasteiger partial charge in [0.2, 0.25) is 0 Å². The fourth-order valence-electron chi connectivity index (χ4n) is 1.16. The van der Waals surface area contributed by atoms with Crippen molar-refractivity contribution in [2.45, 2.75) is 37.7 Å². The van der Waals surface area contributed by atoms with Crippen molar-refractivity contribution in [1.82, 2.24) is 0 Å². The summed E-state index contributed by atoms with van der Waals surface area (Å²) >= 11 is 3.43. The Morgan fingerprint density at radius 3 is 2.00 bits per heavy atom. The molecule has 0 aliphatic carbocycles. The average Bonchev–Trinajstić information content (AvgIpc) is 2.20. The predicted octanol–water partition coefficient (Wildman–Crippen LogP) is 2.77. The van der Waals surface area contributed by atoms with E-state index in [9.17, 15) is 9.59 Å². The van der Waals surface area contributed by atoms with Crippen molar-refractivity contribution in [1.29, 1.82) is 0 Å². The molecule has 6 heteroatoms. The Kier molecular flexibility index (Phi) is 7.70. The second-order valence-corrected chi connectivity index (χ2v) is 7.81. The van der Waals surface area contributed by atoms with Gasteiger partial charge in [-0.05, 0) is 38.2 Å². The number of hydrogen-bond donors (Lipinski definition) is 2. The Bertz CT molecular complexity index is 252. The quantitative estimate of drug-likeness (QED) is 0.500. The molecule has 0 aliphatic rings. The zero-order chi connectivity index (χ0) is 13.5. The highest BCUT2D eigenvalue weighted by Crippen LogP contribution is 2.37. The minimum atomic E-state index is -1.28. The summed E-state index contributed by atoms with van der Waals surface area (Å²) in [6.07, 6.45) is 1.27. The summed E-state index contributed by atoms with van der Waals surface area (Å²) in [6, 6.07) is 0. The standard InChI is InChI=1S/C11H20O4S2/c1-4-6-16-11(2,3)17-7-5-8(9(12)13)10(14)15/h8H,4-7H2,1-3H3,(H,12,13)(H,14,15). The second kappa shape index (κ2) is 7.87. The van der Waals surface area contributed by atoms with Crippen LogP contribution in [0.4, 0.5) is 0 Å². The summed E-state index contributed by atoms with van der Waals surface area (Å²) in [4.78, 5) is 21.3. The van der Waals surface area contributed by atoms with Crippen LogP contribution >= 0.6 is 23.5 Å². The van der Waals surface area contributed by atoms with E-state index < -0.39 is 17.9 Å². The van der Waals surface area contributed by atoms with Gasteiger partial charge in [-0.3, -0.25) is 9.59 Å². The van der Waals surface area contributed by atoms with Crippen LogP contribution in [-0.4, -0.2) is 37.7 Å². The third kappa shape index (κ3) is 7.54. The maximum Gasteiger partial charge on any atom is 0.317 e. The molecule has 0 bridgehead atoms. The van der Waals surface area contributed by atoms with E-state index in [-0.39, 0.29) is 10.5 Å². The van der Waals surface area contributed by atoms with E-state index in [1.54, 1.807) is 11.8 Å². The van der Waals surface area contributed by atoms with Crippen molar-refractivity contribution in [2.75, 3.05) is 11.5 Å². The molecule has 0 aromatic carbocycles. The first-order valence-corrected chi connectivity index (χ1v) is 7.50. The van der Waals surface area contributed by atoms with E-state index in [1.807, 2.05) is 11.8 Å². The molecular weight excluding hydrogens is 260 g/mol. The van der Waals surface area contributed by atoms with Gasteiger partial charge in [0.05, 0.1) is 4.08 Å². The molecule has 100 valence electrons. The molecule has 0 fully saturated rings. The van der Waals surface area contributed by atoms with Gasteiger partial charge < -0.3 is 10.2 Å². The summed E-state index contributed by atoms with van der Waals surface area (Å²) in [6.45, 7) is 6.27. The van der Waals surface area contributed by atoms with E-state index in [0.29, 0.717) is 5.75 Å². The van der Waals surface area contributed by atoms with Crippen LogP contribution in [-0.2, 0) is 9.59 Å². The van der Waals surface area contributed by atoms with Gasteiger partial charge >= 0.3 is 11.9 Å². The molecule has 0 heterocycles. The molecule has 4 nitrogen and oxygen atoms in total. The number of thioether (sulfide) groups is 2. The van der Waals surface area contributed by atoms with Gasteiger partial charge in [0.15, 0.2) is 5.92 Å². The number of aliphatic carboxylic acids is 2. The first kappa shape index (κ1) is 16.6. The van der Waals surface area contributed by atoms with Gasteiger partial charge in [-0.1, -0.05) is 6.92 Å². The van der Waals surface area contributed by atoms with E-state index in [4.69, 9.17) is 10.2 Å². The zero-order valence-electron chi connectivity index (χ0n) is 10.4. The molecule has 0 amide bonds. The minimum absolute atomic E-state index is 0.0115. The average molecular weight is 280 g/mol. The van der Waals surface area contributed by atoms with E-state index in [0.717, 1.165) is 12.2 Å². The summed E-state index contributed by atoms with van der Waals surface area (Å²) in [7, 11) is 0. The largest absolute Gasteiger partial charge is 0.481 e. The molecule has 0 unspecified atom stereocenters. The van der Waals surface area contributed by atoms with Crippen LogP contribution in [0.25, 0.3) is 0 Å². The van der Waals surface area contributed by atoms with Crippen molar-refractivity contribution in [3.63, 3.8) is 0 Å². The van der Waals surface area contributed by atoms with Gasteiger partial charge in [0.1, 0.15) is 0 Å². The third-order valence-electron chi connectivity index (χ3n) is 2.11. The molecule has 17 heavy (non-hydrogen) atoms. The lowest BCUT2D eigenvalue weighted by Gasteiger charge is -2.23. The van der Waals surface area contributed by atoms with E-state index in [1.165, 1.54) is 0 Å². The Labute approximate surface area is 111 Å². The fraction of sp³-hybridized carbons (Fsp3) is 0.818. The highest BCUT2D eigenvalue weighted by Gasteiger charge is 2.27. The van der Waals surface area contributed by atoms with Crippen LogP contribution in [0.15, 0.2) is 0 Å². The Balaban J connectivity index is 4.03. The second-order valence-electron chi connectivity index (χ2n) is 4.11.